The zero-order valence-corrected chi connectivity index (χ0v) is 8.43. The van der Waals surface area contributed by atoms with Gasteiger partial charge < -0.3 is 0 Å². The highest BCUT2D eigenvalue weighted by molar-refractivity contribution is 5.58. The second-order valence-electron chi connectivity index (χ2n) is 3.87. The van der Waals surface area contributed by atoms with Crippen molar-refractivity contribution in [2.45, 2.75) is 19.3 Å². The Kier molecular flexibility index (Phi) is 2.81. The van der Waals surface area contributed by atoms with E-state index in [-0.39, 0.29) is 10.6 Å². The van der Waals surface area contributed by atoms with Gasteiger partial charge in [-0.3, -0.25) is 10.1 Å². The summed E-state index contributed by atoms with van der Waals surface area (Å²) in [5, 5.41) is 10.9. The summed E-state index contributed by atoms with van der Waals surface area (Å²) in [6.45, 7) is 0. The van der Waals surface area contributed by atoms with Crippen LogP contribution in [0.4, 0.5) is 0 Å². The molecule has 1 aliphatic rings. The number of hydrogen-bond donors (Lipinski definition) is 0. The van der Waals surface area contributed by atoms with Crippen molar-refractivity contribution in [2.75, 3.05) is 0 Å². The quantitative estimate of drug-likeness (QED) is 0.559. The van der Waals surface area contributed by atoms with Gasteiger partial charge in [-0.2, -0.15) is 0 Å². The van der Waals surface area contributed by atoms with Crippen molar-refractivity contribution in [2.24, 2.45) is 5.92 Å². The molecule has 0 heterocycles. The number of hydrogen-bond acceptors (Lipinski definition) is 2. The fourth-order valence-corrected chi connectivity index (χ4v) is 1.70. The monoisotopic (exact) mass is 203 g/mol. The van der Waals surface area contributed by atoms with Crippen LogP contribution in [0, 0.1) is 16.0 Å². The first-order valence-corrected chi connectivity index (χ1v) is 5.19. The van der Waals surface area contributed by atoms with Crippen LogP contribution in [0.5, 0.6) is 0 Å². The molecule has 0 N–H and O–H groups in total. The summed E-state index contributed by atoms with van der Waals surface area (Å²) in [6, 6.07) is 9.09. The molecular weight excluding hydrogens is 190 g/mol. The Morgan fingerprint density at radius 2 is 2.00 bits per heavy atom. The van der Waals surface area contributed by atoms with Gasteiger partial charge in [0.15, 0.2) is 0 Å². The minimum absolute atomic E-state index is 0.250. The second kappa shape index (κ2) is 4.26. The summed E-state index contributed by atoms with van der Waals surface area (Å²) in [6.07, 6.45) is 5.17. The van der Waals surface area contributed by atoms with E-state index in [2.05, 4.69) is 0 Å². The average Bonchev–Trinajstić information content (AvgIpc) is 2.17. The molecule has 1 aromatic rings. The van der Waals surface area contributed by atoms with E-state index < -0.39 is 0 Å². The molecule has 3 nitrogen and oxygen atoms in total. The number of rotatable bonds is 3. The molecule has 1 saturated carbocycles. The molecule has 0 radical (unpaired) electrons. The lowest BCUT2D eigenvalue weighted by atomic mass is 9.84. The second-order valence-corrected chi connectivity index (χ2v) is 3.87. The first-order chi connectivity index (χ1) is 7.27. The van der Waals surface area contributed by atoms with E-state index in [9.17, 15) is 10.1 Å². The lowest BCUT2D eigenvalue weighted by molar-refractivity contribution is -0.375. The predicted octanol–water partition coefficient (Wildman–Crippen LogP) is 3.10. The van der Waals surface area contributed by atoms with Crippen LogP contribution < -0.4 is 0 Å². The standard InChI is InChI=1S/C12H13NO2/c14-13(15)12(9-10-5-4-6-10)11-7-2-1-3-8-11/h1-3,7-10H,4-6H2. The van der Waals surface area contributed by atoms with Gasteiger partial charge in [-0.05, 0) is 37.0 Å². The van der Waals surface area contributed by atoms with E-state index in [0.29, 0.717) is 11.5 Å². The molecule has 0 saturated heterocycles. The molecular formula is C12H13NO2. The third-order valence-electron chi connectivity index (χ3n) is 2.81. The van der Waals surface area contributed by atoms with Crippen molar-refractivity contribution < 1.29 is 4.92 Å². The van der Waals surface area contributed by atoms with Gasteiger partial charge in [-0.1, -0.05) is 24.6 Å². The zero-order valence-electron chi connectivity index (χ0n) is 8.43. The van der Waals surface area contributed by atoms with Crippen LogP contribution in [0.15, 0.2) is 36.4 Å². The molecule has 0 bridgehead atoms. The predicted molar refractivity (Wildman–Crippen MR) is 58.8 cm³/mol. The Balaban J connectivity index is 2.27. The van der Waals surface area contributed by atoms with E-state index in [4.69, 9.17) is 0 Å². The van der Waals surface area contributed by atoms with Crippen LogP contribution >= 0.6 is 0 Å². The Morgan fingerprint density at radius 3 is 2.47 bits per heavy atom. The first-order valence-electron chi connectivity index (χ1n) is 5.19. The van der Waals surface area contributed by atoms with Crippen molar-refractivity contribution >= 4 is 5.70 Å². The number of nitrogens with zero attached hydrogens (tertiary/aromatic N) is 1. The van der Waals surface area contributed by atoms with Gasteiger partial charge in [0, 0.05) is 0 Å². The molecule has 0 spiro atoms. The molecule has 78 valence electrons. The molecule has 0 amide bonds. The highest BCUT2D eigenvalue weighted by atomic mass is 16.6. The Labute approximate surface area is 88.6 Å². The van der Waals surface area contributed by atoms with E-state index in [1.54, 1.807) is 18.2 Å². The van der Waals surface area contributed by atoms with E-state index in [1.807, 2.05) is 18.2 Å². The van der Waals surface area contributed by atoms with Gasteiger partial charge in [0.2, 0.25) is 0 Å². The molecule has 3 heteroatoms. The zero-order chi connectivity index (χ0) is 10.7. The van der Waals surface area contributed by atoms with Crippen molar-refractivity contribution in [1.29, 1.82) is 0 Å². The lowest BCUT2D eigenvalue weighted by Gasteiger charge is -2.21. The van der Waals surface area contributed by atoms with E-state index >= 15 is 0 Å². The van der Waals surface area contributed by atoms with E-state index in [1.165, 1.54) is 6.42 Å². The molecule has 15 heavy (non-hydrogen) atoms. The Hall–Kier alpha value is -1.64. The summed E-state index contributed by atoms with van der Waals surface area (Å²) >= 11 is 0. The molecule has 2 rings (SSSR count). The summed E-state index contributed by atoms with van der Waals surface area (Å²) in [7, 11) is 0. The summed E-state index contributed by atoms with van der Waals surface area (Å²) in [4.78, 5) is 10.6. The maximum atomic E-state index is 10.9. The molecule has 0 unspecified atom stereocenters. The van der Waals surface area contributed by atoms with Gasteiger partial charge in [-0.25, -0.2) is 0 Å². The summed E-state index contributed by atoms with van der Waals surface area (Å²) in [5.74, 6) is 0.408. The van der Waals surface area contributed by atoms with Gasteiger partial charge >= 0.3 is 0 Å². The minimum atomic E-state index is -0.284. The lowest BCUT2D eigenvalue weighted by Crippen LogP contribution is -2.10. The Bertz CT molecular complexity index is 380. The summed E-state index contributed by atoms with van der Waals surface area (Å²) < 4.78 is 0. The third kappa shape index (κ3) is 2.24. The minimum Gasteiger partial charge on any atom is -0.258 e. The maximum absolute atomic E-state index is 10.9. The largest absolute Gasteiger partial charge is 0.272 e. The van der Waals surface area contributed by atoms with Crippen molar-refractivity contribution in [3.63, 3.8) is 0 Å². The molecule has 0 aromatic heterocycles. The van der Waals surface area contributed by atoms with Gasteiger partial charge in [0.25, 0.3) is 5.70 Å². The number of allylic oxidation sites excluding steroid dienone is 1. The maximum Gasteiger partial charge on any atom is 0.272 e. The number of nitro groups is 1. The molecule has 0 aliphatic heterocycles. The van der Waals surface area contributed by atoms with Gasteiger partial charge in [0.1, 0.15) is 0 Å². The van der Waals surface area contributed by atoms with Crippen LogP contribution in [0.2, 0.25) is 0 Å². The average molecular weight is 203 g/mol. The van der Waals surface area contributed by atoms with Crippen LogP contribution in [-0.4, -0.2) is 4.92 Å². The van der Waals surface area contributed by atoms with Gasteiger partial charge in [-0.15, -0.1) is 0 Å². The topological polar surface area (TPSA) is 43.1 Å². The fraction of sp³-hybridized carbons (Fsp3) is 0.333. The highest BCUT2D eigenvalue weighted by Crippen LogP contribution is 2.30. The fourth-order valence-electron chi connectivity index (χ4n) is 1.70. The molecule has 0 atom stereocenters. The van der Waals surface area contributed by atoms with Crippen LogP contribution in [0.3, 0.4) is 0 Å². The van der Waals surface area contributed by atoms with Crippen LogP contribution in [-0.2, 0) is 0 Å². The van der Waals surface area contributed by atoms with E-state index in [0.717, 1.165) is 12.8 Å². The number of benzene rings is 1. The van der Waals surface area contributed by atoms with Crippen molar-refractivity contribution in [1.82, 2.24) is 0 Å². The Morgan fingerprint density at radius 1 is 1.33 bits per heavy atom. The van der Waals surface area contributed by atoms with Crippen LogP contribution in [0.1, 0.15) is 24.8 Å². The third-order valence-corrected chi connectivity index (χ3v) is 2.81. The molecule has 1 fully saturated rings. The smallest absolute Gasteiger partial charge is 0.258 e. The van der Waals surface area contributed by atoms with Gasteiger partial charge in [0.05, 0.1) is 10.5 Å². The highest BCUT2D eigenvalue weighted by Gasteiger charge is 2.21. The SMILES string of the molecule is O=[N+]([O-])C(=CC1CCC1)c1ccccc1. The van der Waals surface area contributed by atoms with Crippen molar-refractivity contribution in [3.05, 3.63) is 52.1 Å². The summed E-state index contributed by atoms with van der Waals surface area (Å²) in [5.41, 5.74) is 0.953. The molecule has 1 aromatic carbocycles. The normalized spacial score (nSPS) is 17.2. The molecule has 1 aliphatic carbocycles. The van der Waals surface area contributed by atoms with Crippen molar-refractivity contribution in [3.8, 4) is 0 Å². The first kappa shape index (κ1) is 9.90. The van der Waals surface area contributed by atoms with Crippen LogP contribution in [0.25, 0.3) is 5.70 Å².